The summed E-state index contributed by atoms with van der Waals surface area (Å²) in [6.45, 7) is 6.42. The van der Waals surface area contributed by atoms with Gasteiger partial charge in [-0.25, -0.2) is 4.79 Å². The first-order valence-corrected chi connectivity index (χ1v) is 5.59. The molecule has 0 amide bonds. The van der Waals surface area contributed by atoms with Crippen LogP contribution in [-0.2, 0) is 23.9 Å². The number of aliphatic carboxylic acids is 1. The lowest BCUT2D eigenvalue weighted by Gasteiger charge is -2.09. The quantitative estimate of drug-likeness (QED) is 0.399. The predicted molar refractivity (Wildman–Crippen MR) is 62.8 cm³/mol. The van der Waals surface area contributed by atoms with E-state index < -0.39 is 23.8 Å². The maximum atomic E-state index is 11.3. The van der Waals surface area contributed by atoms with E-state index >= 15 is 0 Å². The molecule has 0 aromatic carbocycles. The highest BCUT2D eigenvalue weighted by molar-refractivity contribution is 5.86. The third-order valence-electron chi connectivity index (χ3n) is 2.18. The van der Waals surface area contributed by atoms with Crippen LogP contribution < -0.4 is 0 Å². The molecular weight excluding hydrogens is 240 g/mol. The molecule has 0 saturated carbocycles. The molecule has 1 unspecified atom stereocenters. The first-order chi connectivity index (χ1) is 8.38. The molecule has 6 heteroatoms. The fourth-order valence-electron chi connectivity index (χ4n) is 1.08. The highest BCUT2D eigenvalue weighted by Crippen LogP contribution is 2.09. The number of carboxylic acids is 1. The van der Waals surface area contributed by atoms with Crippen molar-refractivity contribution in [3.8, 4) is 0 Å². The van der Waals surface area contributed by atoms with Crippen LogP contribution in [0.25, 0.3) is 0 Å². The Morgan fingerprint density at radius 1 is 1.22 bits per heavy atom. The molecule has 0 rings (SSSR count). The van der Waals surface area contributed by atoms with Crippen LogP contribution >= 0.6 is 0 Å². The van der Waals surface area contributed by atoms with Crippen molar-refractivity contribution in [3.63, 3.8) is 0 Å². The molecule has 0 saturated heterocycles. The lowest BCUT2D eigenvalue weighted by Crippen LogP contribution is -2.20. The molecule has 0 aromatic heterocycles. The van der Waals surface area contributed by atoms with E-state index in [9.17, 15) is 14.4 Å². The van der Waals surface area contributed by atoms with Gasteiger partial charge in [0.2, 0.25) is 0 Å². The Morgan fingerprint density at radius 3 is 2.22 bits per heavy atom. The maximum Gasteiger partial charge on any atom is 0.333 e. The summed E-state index contributed by atoms with van der Waals surface area (Å²) >= 11 is 0. The number of esters is 2. The summed E-state index contributed by atoms with van der Waals surface area (Å²) in [7, 11) is 0. The van der Waals surface area contributed by atoms with Crippen LogP contribution in [0, 0.1) is 5.92 Å². The number of carbonyl (C=O) groups excluding carboxylic acids is 2. The van der Waals surface area contributed by atoms with Crippen LogP contribution in [0.4, 0.5) is 0 Å². The van der Waals surface area contributed by atoms with Crippen molar-refractivity contribution >= 4 is 17.9 Å². The Morgan fingerprint density at radius 2 is 1.78 bits per heavy atom. The standard InChI is InChI=1S/C12H18O6/c1-4-9(11(14)15)7-10(13)17-5-6-18-12(16)8(2)3/h9H,2,4-7H2,1,3H3,(H,14,15). The molecule has 0 aromatic rings. The normalized spacial score (nSPS) is 11.4. The molecule has 0 aliphatic carbocycles. The van der Waals surface area contributed by atoms with Crippen LogP contribution in [0.1, 0.15) is 26.7 Å². The van der Waals surface area contributed by atoms with E-state index in [1.165, 1.54) is 6.92 Å². The van der Waals surface area contributed by atoms with Gasteiger partial charge in [0.1, 0.15) is 13.2 Å². The van der Waals surface area contributed by atoms with Crippen molar-refractivity contribution in [2.75, 3.05) is 13.2 Å². The van der Waals surface area contributed by atoms with Gasteiger partial charge in [0.25, 0.3) is 0 Å². The number of rotatable bonds is 8. The minimum atomic E-state index is -1.02. The topological polar surface area (TPSA) is 89.9 Å². The Bertz CT molecular complexity index is 333. The second-order valence-corrected chi connectivity index (χ2v) is 3.78. The van der Waals surface area contributed by atoms with Crippen molar-refractivity contribution < 1.29 is 29.0 Å². The number of hydrogen-bond donors (Lipinski definition) is 1. The Hall–Kier alpha value is -1.85. The van der Waals surface area contributed by atoms with Crippen molar-refractivity contribution in [2.45, 2.75) is 26.7 Å². The van der Waals surface area contributed by atoms with Crippen LogP contribution in [0.3, 0.4) is 0 Å². The maximum absolute atomic E-state index is 11.3. The molecule has 18 heavy (non-hydrogen) atoms. The fraction of sp³-hybridized carbons (Fsp3) is 0.583. The van der Waals surface area contributed by atoms with E-state index in [0.29, 0.717) is 6.42 Å². The van der Waals surface area contributed by atoms with Gasteiger partial charge in [-0.05, 0) is 13.3 Å². The van der Waals surface area contributed by atoms with Crippen molar-refractivity contribution in [1.29, 1.82) is 0 Å². The lowest BCUT2D eigenvalue weighted by molar-refractivity contribution is -0.154. The van der Waals surface area contributed by atoms with Gasteiger partial charge in [0.05, 0.1) is 12.3 Å². The summed E-state index contributed by atoms with van der Waals surface area (Å²) in [4.78, 5) is 32.9. The van der Waals surface area contributed by atoms with E-state index in [1.807, 2.05) is 0 Å². The van der Waals surface area contributed by atoms with Crippen LogP contribution in [0.5, 0.6) is 0 Å². The van der Waals surface area contributed by atoms with E-state index in [0.717, 1.165) is 0 Å². The van der Waals surface area contributed by atoms with Crippen molar-refractivity contribution in [1.82, 2.24) is 0 Å². The first-order valence-electron chi connectivity index (χ1n) is 5.59. The zero-order valence-corrected chi connectivity index (χ0v) is 10.6. The Labute approximate surface area is 106 Å². The second-order valence-electron chi connectivity index (χ2n) is 3.78. The molecule has 0 spiro atoms. The number of ether oxygens (including phenoxy) is 2. The van der Waals surface area contributed by atoms with E-state index in [2.05, 4.69) is 6.58 Å². The Kier molecular flexibility index (Phi) is 7.42. The summed E-state index contributed by atoms with van der Waals surface area (Å²) in [5.41, 5.74) is 0.262. The van der Waals surface area contributed by atoms with Gasteiger partial charge < -0.3 is 14.6 Å². The summed E-state index contributed by atoms with van der Waals surface area (Å²) < 4.78 is 9.45. The molecule has 102 valence electrons. The summed E-state index contributed by atoms with van der Waals surface area (Å²) in [5, 5.41) is 8.74. The zero-order valence-electron chi connectivity index (χ0n) is 10.6. The van der Waals surface area contributed by atoms with Gasteiger partial charge in [-0.2, -0.15) is 0 Å². The van der Waals surface area contributed by atoms with Gasteiger partial charge in [-0.3, -0.25) is 9.59 Å². The smallest absolute Gasteiger partial charge is 0.333 e. The monoisotopic (exact) mass is 258 g/mol. The SMILES string of the molecule is C=C(C)C(=O)OCCOC(=O)CC(CC)C(=O)O. The molecular formula is C12H18O6. The number of carbonyl (C=O) groups is 3. The van der Waals surface area contributed by atoms with Crippen LogP contribution in [-0.4, -0.2) is 36.2 Å². The fourth-order valence-corrected chi connectivity index (χ4v) is 1.08. The molecule has 0 aliphatic rings. The molecule has 0 radical (unpaired) electrons. The van der Waals surface area contributed by atoms with Crippen molar-refractivity contribution in [3.05, 3.63) is 12.2 Å². The zero-order chi connectivity index (χ0) is 14.1. The minimum absolute atomic E-state index is 0.0682. The van der Waals surface area contributed by atoms with E-state index in [1.54, 1.807) is 6.92 Å². The van der Waals surface area contributed by atoms with Gasteiger partial charge in [0.15, 0.2) is 0 Å². The highest BCUT2D eigenvalue weighted by atomic mass is 16.6. The van der Waals surface area contributed by atoms with Gasteiger partial charge >= 0.3 is 17.9 Å². The van der Waals surface area contributed by atoms with Gasteiger partial charge in [-0.15, -0.1) is 0 Å². The van der Waals surface area contributed by atoms with E-state index in [4.69, 9.17) is 14.6 Å². The summed E-state index contributed by atoms with van der Waals surface area (Å²) in [6, 6.07) is 0. The largest absolute Gasteiger partial charge is 0.481 e. The molecule has 0 bridgehead atoms. The minimum Gasteiger partial charge on any atom is -0.481 e. The third-order valence-corrected chi connectivity index (χ3v) is 2.18. The van der Waals surface area contributed by atoms with Crippen molar-refractivity contribution in [2.24, 2.45) is 5.92 Å². The molecule has 1 atom stereocenters. The molecule has 1 N–H and O–H groups in total. The molecule has 0 heterocycles. The predicted octanol–water partition coefficient (Wildman–Crippen LogP) is 1.15. The van der Waals surface area contributed by atoms with Crippen LogP contribution in [0.2, 0.25) is 0 Å². The Balaban J connectivity index is 3.81. The summed E-state index contributed by atoms with van der Waals surface area (Å²) in [5.74, 6) is -2.93. The number of carboxylic acid groups (broad SMARTS) is 1. The van der Waals surface area contributed by atoms with E-state index in [-0.39, 0.29) is 25.2 Å². The highest BCUT2D eigenvalue weighted by Gasteiger charge is 2.19. The van der Waals surface area contributed by atoms with Crippen LogP contribution in [0.15, 0.2) is 12.2 Å². The molecule has 0 fully saturated rings. The molecule has 0 aliphatic heterocycles. The summed E-state index contributed by atoms with van der Waals surface area (Å²) in [6.07, 6.45) is 0.176. The van der Waals surface area contributed by atoms with Gasteiger partial charge in [-0.1, -0.05) is 13.5 Å². The van der Waals surface area contributed by atoms with Gasteiger partial charge in [0, 0.05) is 5.57 Å². The third kappa shape index (κ3) is 6.67. The lowest BCUT2D eigenvalue weighted by atomic mass is 10.0. The average Bonchev–Trinajstić information content (AvgIpc) is 2.30. The number of hydrogen-bond acceptors (Lipinski definition) is 5. The molecule has 6 nitrogen and oxygen atoms in total. The first kappa shape index (κ1) is 16.1. The average molecular weight is 258 g/mol. The second kappa shape index (κ2) is 8.27.